The zero-order valence-corrected chi connectivity index (χ0v) is 15.8. The fourth-order valence-corrected chi connectivity index (χ4v) is 2.30. The monoisotopic (exact) mass is 428 g/mol. The molecule has 0 saturated heterocycles. The number of ether oxygens (including phenoxy) is 2. The minimum atomic E-state index is 0.285. The van der Waals surface area contributed by atoms with E-state index in [-0.39, 0.29) is 6.01 Å². The third-order valence-corrected chi connectivity index (χ3v) is 3.74. The second-order valence-electron chi connectivity index (χ2n) is 4.76. The summed E-state index contributed by atoms with van der Waals surface area (Å²) in [6.07, 6.45) is 4.63. The minimum absolute atomic E-state index is 0.285. The molecule has 0 saturated carbocycles. The van der Waals surface area contributed by atoms with Crippen LogP contribution in [0.25, 0.3) is 0 Å². The van der Waals surface area contributed by atoms with Gasteiger partial charge in [0.25, 0.3) is 0 Å². The van der Waals surface area contributed by atoms with Gasteiger partial charge in [0.05, 0.1) is 15.7 Å². The van der Waals surface area contributed by atoms with Gasteiger partial charge in [-0.25, -0.2) is 15.0 Å². The molecule has 26 heavy (non-hydrogen) atoms. The van der Waals surface area contributed by atoms with Gasteiger partial charge in [0, 0.05) is 24.3 Å². The molecule has 0 fully saturated rings. The fourth-order valence-electron chi connectivity index (χ4n) is 1.78. The predicted octanol–water partition coefficient (Wildman–Crippen LogP) is 5.45. The third-order valence-electron chi connectivity index (χ3n) is 2.93. The van der Waals surface area contributed by atoms with Crippen molar-refractivity contribution in [3.05, 3.63) is 71.5 Å². The van der Waals surface area contributed by atoms with Gasteiger partial charge < -0.3 is 9.47 Å². The van der Waals surface area contributed by atoms with Crippen LogP contribution in [0.1, 0.15) is 0 Å². The van der Waals surface area contributed by atoms with Crippen molar-refractivity contribution >= 4 is 45.5 Å². The second-order valence-corrected chi connectivity index (χ2v) is 6.31. The molecule has 1 heterocycles. The van der Waals surface area contributed by atoms with Gasteiger partial charge in [0.1, 0.15) is 11.5 Å². The number of rotatable bonds is 7. The van der Waals surface area contributed by atoms with Gasteiger partial charge in [0.2, 0.25) is 0 Å². The highest BCUT2D eigenvalue weighted by Gasteiger charge is 2.00. The minimum Gasteiger partial charge on any atom is -0.445 e. The Bertz CT molecular complexity index is 872. The molecule has 3 rings (SSSR count). The summed E-state index contributed by atoms with van der Waals surface area (Å²) in [6.45, 7) is 0. The maximum Gasteiger partial charge on any atom is 0.321 e. The van der Waals surface area contributed by atoms with Crippen LogP contribution in [-0.4, -0.2) is 21.9 Å². The van der Waals surface area contributed by atoms with E-state index in [1.807, 2.05) is 42.5 Å². The number of aromatic nitrogens is 2. The summed E-state index contributed by atoms with van der Waals surface area (Å²) >= 11 is 4.45. The molecule has 0 radical (unpaired) electrons. The standard InChI is InChI=1S/C18H13BrN4O2S/c19-14-10-20-18(21-11-14)25-17-8-6-15(7-9-17)22-13-26-23-12-24-16-4-2-1-3-5-16/h1-13H/b22-13?,23-12+. The summed E-state index contributed by atoms with van der Waals surface area (Å²) in [5, 5.41) is 0. The van der Waals surface area contributed by atoms with Crippen molar-refractivity contribution in [2.24, 2.45) is 9.39 Å². The van der Waals surface area contributed by atoms with Crippen LogP contribution in [0.2, 0.25) is 0 Å². The van der Waals surface area contributed by atoms with Gasteiger partial charge in [-0.15, -0.1) is 0 Å². The molecule has 0 bridgehead atoms. The summed E-state index contributed by atoms with van der Waals surface area (Å²) in [5.74, 6) is 1.37. The molecule has 0 atom stereocenters. The van der Waals surface area contributed by atoms with Crippen LogP contribution in [-0.2, 0) is 0 Å². The van der Waals surface area contributed by atoms with Gasteiger partial charge in [-0.3, -0.25) is 0 Å². The van der Waals surface area contributed by atoms with Crippen LogP contribution in [0.3, 0.4) is 0 Å². The lowest BCUT2D eigenvalue weighted by Crippen LogP contribution is -1.90. The Morgan fingerprint density at radius 2 is 1.65 bits per heavy atom. The van der Waals surface area contributed by atoms with Gasteiger partial charge in [-0.2, -0.15) is 4.40 Å². The summed E-state index contributed by atoms with van der Waals surface area (Å²) in [6, 6.07) is 17.0. The van der Waals surface area contributed by atoms with Crippen molar-refractivity contribution in [1.82, 2.24) is 9.97 Å². The molecule has 0 amide bonds. The molecule has 0 aliphatic heterocycles. The first-order valence-corrected chi connectivity index (χ1v) is 9.10. The number of benzene rings is 2. The van der Waals surface area contributed by atoms with E-state index in [0.29, 0.717) is 5.75 Å². The second kappa shape index (κ2) is 9.69. The number of hydrogen-bond donors (Lipinski definition) is 0. The zero-order chi connectivity index (χ0) is 18.0. The van der Waals surface area contributed by atoms with Gasteiger partial charge in [-0.05, 0) is 52.3 Å². The number of para-hydroxylation sites is 1. The molecule has 0 aliphatic carbocycles. The van der Waals surface area contributed by atoms with E-state index in [9.17, 15) is 0 Å². The number of hydrogen-bond acceptors (Lipinski definition) is 7. The third kappa shape index (κ3) is 5.98. The molecule has 6 nitrogen and oxygen atoms in total. The first kappa shape index (κ1) is 18.1. The van der Waals surface area contributed by atoms with Gasteiger partial charge in [0.15, 0.2) is 6.40 Å². The smallest absolute Gasteiger partial charge is 0.321 e. The van der Waals surface area contributed by atoms with Crippen molar-refractivity contribution in [3.63, 3.8) is 0 Å². The summed E-state index contributed by atoms with van der Waals surface area (Å²) in [5.41, 5.74) is 2.40. The highest BCUT2D eigenvalue weighted by Crippen LogP contribution is 2.22. The Balaban J connectivity index is 1.46. The van der Waals surface area contributed by atoms with E-state index < -0.39 is 0 Å². The van der Waals surface area contributed by atoms with Crippen LogP contribution >= 0.6 is 27.9 Å². The summed E-state index contributed by atoms with van der Waals surface area (Å²) in [4.78, 5) is 12.4. The first-order valence-electron chi connectivity index (χ1n) is 7.47. The largest absolute Gasteiger partial charge is 0.445 e. The Labute approximate surface area is 163 Å². The zero-order valence-electron chi connectivity index (χ0n) is 13.4. The number of nitrogens with zero attached hydrogens (tertiary/aromatic N) is 4. The van der Waals surface area contributed by atoms with Crippen molar-refractivity contribution in [2.45, 2.75) is 0 Å². The quantitative estimate of drug-likeness (QED) is 0.284. The average molecular weight is 429 g/mol. The molecule has 3 aromatic rings. The van der Waals surface area contributed by atoms with Crippen LogP contribution in [0.15, 0.2) is 80.9 Å². The predicted molar refractivity (Wildman–Crippen MR) is 108 cm³/mol. The molecule has 1 aromatic heterocycles. The normalized spacial score (nSPS) is 11.1. The molecule has 130 valence electrons. The molecular formula is C18H13BrN4O2S. The van der Waals surface area contributed by atoms with Crippen LogP contribution in [0, 0.1) is 0 Å². The highest BCUT2D eigenvalue weighted by molar-refractivity contribution is 9.10. The first-order chi connectivity index (χ1) is 12.8. The van der Waals surface area contributed by atoms with E-state index >= 15 is 0 Å². The Morgan fingerprint density at radius 1 is 0.923 bits per heavy atom. The summed E-state index contributed by atoms with van der Waals surface area (Å²) < 4.78 is 15.7. The SMILES string of the molecule is Brc1cnc(Oc2ccc(N=CS/N=C/Oc3ccccc3)cc2)nc1. The molecule has 0 aliphatic rings. The van der Waals surface area contributed by atoms with E-state index in [0.717, 1.165) is 15.9 Å². The maximum absolute atomic E-state index is 5.55. The molecule has 2 aromatic carbocycles. The van der Waals surface area contributed by atoms with E-state index in [2.05, 4.69) is 35.3 Å². The maximum atomic E-state index is 5.55. The van der Waals surface area contributed by atoms with Crippen LogP contribution in [0.4, 0.5) is 5.69 Å². The van der Waals surface area contributed by atoms with Crippen molar-refractivity contribution in [3.8, 4) is 17.5 Å². The average Bonchev–Trinajstić information content (AvgIpc) is 2.68. The lowest BCUT2D eigenvalue weighted by molar-refractivity contribution is 0.441. The van der Waals surface area contributed by atoms with Crippen molar-refractivity contribution in [1.29, 1.82) is 0 Å². The molecular weight excluding hydrogens is 416 g/mol. The Kier molecular flexibility index (Phi) is 6.74. The molecule has 0 spiro atoms. The molecule has 0 unspecified atom stereocenters. The fraction of sp³-hybridized carbons (Fsp3) is 0. The molecule has 8 heteroatoms. The van der Waals surface area contributed by atoms with Crippen molar-refractivity contribution < 1.29 is 9.47 Å². The van der Waals surface area contributed by atoms with Crippen LogP contribution < -0.4 is 9.47 Å². The van der Waals surface area contributed by atoms with Gasteiger partial charge >= 0.3 is 6.01 Å². The summed E-state index contributed by atoms with van der Waals surface area (Å²) in [7, 11) is 0. The topological polar surface area (TPSA) is 69.0 Å². The Morgan fingerprint density at radius 3 is 2.38 bits per heavy atom. The molecule has 0 N–H and O–H groups in total. The van der Waals surface area contributed by atoms with E-state index in [1.165, 1.54) is 18.3 Å². The number of halogens is 1. The van der Waals surface area contributed by atoms with E-state index in [4.69, 9.17) is 9.47 Å². The van der Waals surface area contributed by atoms with Crippen molar-refractivity contribution in [2.75, 3.05) is 0 Å². The van der Waals surface area contributed by atoms with Gasteiger partial charge in [-0.1, -0.05) is 18.2 Å². The number of aliphatic imine (C=N–C) groups is 1. The van der Waals surface area contributed by atoms with E-state index in [1.54, 1.807) is 30.1 Å². The highest BCUT2D eigenvalue weighted by atomic mass is 79.9. The Hall–Kier alpha value is -2.71. The lowest BCUT2D eigenvalue weighted by Gasteiger charge is -2.03. The van der Waals surface area contributed by atoms with Crippen LogP contribution in [0.5, 0.6) is 17.5 Å². The lowest BCUT2D eigenvalue weighted by atomic mass is 10.3.